The van der Waals surface area contributed by atoms with Crippen molar-refractivity contribution in [1.82, 2.24) is 0 Å². The maximum absolute atomic E-state index is 14.5. The van der Waals surface area contributed by atoms with Gasteiger partial charge in [0, 0.05) is 0 Å². The molecular weight excluding hydrogens is 474 g/mol. The molecule has 2 aromatic carbocycles. The van der Waals surface area contributed by atoms with Gasteiger partial charge >= 0.3 is 0 Å². The molecule has 7 heteroatoms. The van der Waals surface area contributed by atoms with E-state index >= 15 is 0 Å². The van der Waals surface area contributed by atoms with Crippen LogP contribution in [0.4, 0.5) is 8.78 Å². The summed E-state index contributed by atoms with van der Waals surface area (Å²) >= 11 is 6.54. The highest BCUT2D eigenvalue weighted by Gasteiger charge is 2.28. The highest BCUT2D eigenvalue weighted by Crippen LogP contribution is 2.38. The second-order valence-corrected chi connectivity index (χ2v) is 7.20. The SMILES string of the molecule is CCCOc1c(Br)ccc(F)c1C(=O)c1c(F)ccc(Br)c1OCCC. The molecule has 0 amide bonds. The van der Waals surface area contributed by atoms with Gasteiger partial charge in [0.05, 0.1) is 22.2 Å². The first-order valence-corrected chi connectivity index (χ1v) is 9.77. The van der Waals surface area contributed by atoms with Gasteiger partial charge in [0.2, 0.25) is 5.78 Å². The van der Waals surface area contributed by atoms with Crippen molar-refractivity contribution in [2.45, 2.75) is 26.7 Å². The van der Waals surface area contributed by atoms with E-state index in [9.17, 15) is 13.6 Å². The zero-order valence-corrected chi connectivity index (χ0v) is 17.5. The quantitative estimate of drug-likeness (QED) is 0.406. The molecule has 140 valence electrons. The third kappa shape index (κ3) is 4.43. The summed E-state index contributed by atoms with van der Waals surface area (Å²) in [6, 6.07) is 5.17. The van der Waals surface area contributed by atoms with E-state index in [1.165, 1.54) is 12.1 Å². The summed E-state index contributed by atoms with van der Waals surface area (Å²) in [6.07, 6.45) is 1.35. The van der Waals surface area contributed by atoms with Crippen LogP contribution < -0.4 is 9.47 Å². The minimum Gasteiger partial charge on any atom is -0.492 e. The first kappa shape index (κ1) is 20.8. The molecule has 0 atom stereocenters. The van der Waals surface area contributed by atoms with E-state index in [2.05, 4.69) is 31.9 Å². The lowest BCUT2D eigenvalue weighted by atomic mass is 10.00. The molecule has 0 aromatic heterocycles. The van der Waals surface area contributed by atoms with Crippen LogP contribution in [0.25, 0.3) is 0 Å². The van der Waals surface area contributed by atoms with Crippen LogP contribution in [0, 0.1) is 11.6 Å². The Hall–Kier alpha value is -1.47. The number of carbonyl (C=O) groups is 1. The Balaban J connectivity index is 2.63. The standard InChI is InChI=1S/C19H18Br2F2O3/c1-3-9-25-18-11(20)5-7-13(22)15(18)17(24)16-14(23)8-6-12(21)19(16)26-10-4-2/h5-8H,3-4,9-10H2,1-2H3. The minimum absolute atomic E-state index is 0.0534. The maximum Gasteiger partial charge on any atom is 0.206 e. The number of carbonyl (C=O) groups excluding carboxylic acids is 1. The van der Waals surface area contributed by atoms with E-state index in [4.69, 9.17) is 9.47 Å². The van der Waals surface area contributed by atoms with E-state index in [1.54, 1.807) is 0 Å². The number of ether oxygens (including phenoxy) is 2. The number of rotatable bonds is 8. The number of hydrogen-bond donors (Lipinski definition) is 0. The molecule has 0 saturated carbocycles. The molecule has 0 aliphatic heterocycles. The smallest absolute Gasteiger partial charge is 0.206 e. The summed E-state index contributed by atoms with van der Waals surface area (Å²) in [7, 11) is 0. The van der Waals surface area contributed by atoms with E-state index in [0.717, 1.165) is 12.1 Å². The van der Waals surface area contributed by atoms with E-state index in [-0.39, 0.29) is 22.6 Å². The Morgan fingerprint density at radius 2 is 1.23 bits per heavy atom. The van der Waals surface area contributed by atoms with E-state index in [0.29, 0.717) is 35.0 Å². The molecule has 0 spiro atoms. The van der Waals surface area contributed by atoms with Crippen LogP contribution in [-0.2, 0) is 0 Å². The molecule has 0 N–H and O–H groups in total. The summed E-state index contributed by atoms with van der Waals surface area (Å²) in [5.74, 6) is -2.30. The summed E-state index contributed by atoms with van der Waals surface area (Å²) in [4.78, 5) is 13.1. The molecular formula is C19H18Br2F2O3. The predicted octanol–water partition coefficient (Wildman–Crippen LogP) is 6.30. The third-order valence-electron chi connectivity index (χ3n) is 3.47. The topological polar surface area (TPSA) is 35.5 Å². The van der Waals surface area contributed by atoms with Crippen LogP contribution in [0.15, 0.2) is 33.2 Å². The number of hydrogen-bond acceptors (Lipinski definition) is 3. The van der Waals surface area contributed by atoms with Crippen molar-refractivity contribution in [1.29, 1.82) is 0 Å². The van der Waals surface area contributed by atoms with Crippen LogP contribution in [0.2, 0.25) is 0 Å². The van der Waals surface area contributed by atoms with Crippen molar-refractivity contribution in [3.05, 3.63) is 56.0 Å². The van der Waals surface area contributed by atoms with Crippen molar-refractivity contribution in [2.24, 2.45) is 0 Å². The molecule has 0 aliphatic carbocycles. The zero-order chi connectivity index (χ0) is 19.3. The fourth-order valence-corrected chi connectivity index (χ4v) is 3.19. The van der Waals surface area contributed by atoms with Gasteiger partial charge in [-0.25, -0.2) is 8.78 Å². The molecule has 0 aliphatic rings. The van der Waals surface area contributed by atoms with Gasteiger partial charge in [0.1, 0.15) is 34.3 Å². The van der Waals surface area contributed by atoms with Crippen molar-refractivity contribution in [2.75, 3.05) is 13.2 Å². The highest BCUT2D eigenvalue weighted by molar-refractivity contribution is 9.10. The Bertz CT molecular complexity index is 744. The van der Waals surface area contributed by atoms with Crippen molar-refractivity contribution < 1.29 is 23.0 Å². The number of ketones is 1. The second-order valence-electron chi connectivity index (χ2n) is 5.49. The van der Waals surface area contributed by atoms with Crippen LogP contribution in [0.1, 0.15) is 42.6 Å². The number of benzene rings is 2. The fraction of sp³-hybridized carbons (Fsp3) is 0.316. The van der Waals surface area contributed by atoms with Gasteiger partial charge in [-0.05, 0) is 69.0 Å². The summed E-state index contributed by atoms with van der Waals surface area (Å²) in [5, 5.41) is 0. The Morgan fingerprint density at radius 3 is 1.58 bits per heavy atom. The van der Waals surface area contributed by atoms with Crippen molar-refractivity contribution in [3.8, 4) is 11.5 Å². The summed E-state index contributed by atoms with van der Waals surface area (Å²) < 4.78 is 41.0. The molecule has 0 saturated heterocycles. The molecule has 2 aromatic rings. The average molecular weight is 492 g/mol. The van der Waals surface area contributed by atoms with Gasteiger partial charge in [0.25, 0.3) is 0 Å². The molecule has 2 rings (SSSR count). The normalized spacial score (nSPS) is 10.7. The molecule has 26 heavy (non-hydrogen) atoms. The molecule has 0 bridgehead atoms. The van der Waals surface area contributed by atoms with Gasteiger partial charge in [0.15, 0.2) is 0 Å². The van der Waals surface area contributed by atoms with Crippen molar-refractivity contribution >= 4 is 37.6 Å². The summed E-state index contributed by atoms with van der Waals surface area (Å²) in [5.41, 5.74) is -0.655. The monoisotopic (exact) mass is 490 g/mol. The lowest BCUT2D eigenvalue weighted by Crippen LogP contribution is -2.13. The molecule has 0 heterocycles. The van der Waals surface area contributed by atoms with Gasteiger partial charge in [-0.3, -0.25) is 4.79 Å². The minimum atomic E-state index is -0.834. The largest absolute Gasteiger partial charge is 0.492 e. The maximum atomic E-state index is 14.5. The van der Waals surface area contributed by atoms with Crippen LogP contribution in [-0.4, -0.2) is 19.0 Å². The molecule has 3 nitrogen and oxygen atoms in total. The van der Waals surface area contributed by atoms with Gasteiger partial charge in [-0.1, -0.05) is 13.8 Å². The lowest BCUT2D eigenvalue weighted by molar-refractivity contribution is 0.102. The van der Waals surface area contributed by atoms with Crippen LogP contribution in [0.5, 0.6) is 11.5 Å². The Morgan fingerprint density at radius 1 is 0.846 bits per heavy atom. The molecule has 0 radical (unpaired) electrons. The zero-order valence-electron chi connectivity index (χ0n) is 14.4. The summed E-state index contributed by atoms with van der Waals surface area (Å²) in [6.45, 7) is 4.36. The second kappa shape index (κ2) is 9.46. The predicted molar refractivity (Wildman–Crippen MR) is 103 cm³/mol. The first-order valence-electron chi connectivity index (χ1n) is 8.18. The van der Waals surface area contributed by atoms with E-state index in [1.807, 2.05) is 13.8 Å². The lowest BCUT2D eigenvalue weighted by Gasteiger charge is -2.16. The molecule has 0 fully saturated rings. The van der Waals surface area contributed by atoms with Gasteiger partial charge in [-0.2, -0.15) is 0 Å². The van der Waals surface area contributed by atoms with Gasteiger partial charge < -0.3 is 9.47 Å². The average Bonchev–Trinajstić information content (AvgIpc) is 2.62. The van der Waals surface area contributed by atoms with Crippen molar-refractivity contribution in [3.63, 3.8) is 0 Å². The molecule has 0 unspecified atom stereocenters. The highest BCUT2D eigenvalue weighted by atomic mass is 79.9. The third-order valence-corrected chi connectivity index (χ3v) is 4.72. The Labute approximate surface area is 167 Å². The fourth-order valence-electron chi connectivity index (χ4n) is 2.31. The van der Waals surface area contributed by atoms with E-state index < -0.39 is 17.4 Å². The van der Waals surface area contributed by atoms with Crippen LogP contribution in [0.3, 0.4) is 0 Å². The van der Waals surface area contributed by atoms with Crippen LogP contribution >= 0.6 is 31.9 Å². The Kier molecular flexibility index (Phi) is 7.58. The number of halogens is 4. The van der Waals surface area contributed by atoms with Gasteiger partial charge in [-0.15, -0.1) is 0 Å². The first-order chi connectivity index (χ1) is 12.4.